The molecule has 1 aromatic heterocycles. The first-order valence-electron chi connectivity index (χ1n) is 5.31. The van der Waals surface area contributed by atoms with Gasteiger partial charge < -0.3 is 10.2 Å². The summed E-state index contributed by atoms with van der Waals surface area (Å²) in [4.78, 5) is 3.58. The minimum atomic E-state index is 0.557. The van der Waals surface area contributed by atoms with Gasteiger partial charge in [-0.15, -0.1) is 11.3 Å². The summed E-state index contributed by atoms with van der Waals surface area (Å²) < 4.78 is 2.32. The summed E-state index contributed by atoms with van der Waals surface area (Å²) in [6.07, 6.45) is 1.18. The number of nitrogens with zero attached hydrogens (tertiary/aromatic N) is 1. The van der Waals surface area contributed by atoms with Crippen LogP contribution in [0.5, 0.6) is 0 Å². The Kier molecular flexibility index (Phi) is 6.51. The standard InChI is InChI=1S/C11H18Br2N2S/c1-8(4-5-15(2)3)14-7-9-6-10(12)11(13)16-9/h6,8,14H,4-5,7H2,1-3H3. The van der Waals surface area contributed by atoms with Crippen molar-refractivity contribution < 1.29 is 0 Å². The van der Waals surface area contributed by atoms with E-state index >= 15 is 0 Å². The smallest absolute Gasteiger partial charge is 0.0843 e. The monoisotopic (exact) mass is 368 g/mol. The van der Waals surface area contributed by atoms with Gasteiger partial charge in [-0.3, -0.25) is 0 Å². The van der Waals surface area contributed by atoms with Crippen LogP contribution in [0.25, 0.3) is 0 Å². The van der Waals surface area contributed by atoms with Gasteiger partial charge in [0.15, 0.2) is 0 Å². The highest BCUT2D eigenvalue weighted by Gasteiger charge is 2.06. The molecule has 0 aliphatic heterocycles. The van der Waals surface area contributed by atoms with Gasteiger partial charge in [0.25, 0.3) is 0 Å². The molecule has 16 heavy (non-hydrogen) atoms. The molecule has 0 saturated heterocycles. The summed E-state index contributed by atoms with van der Waals surface area (Å²) in [5.41, 5.74) is 0. The molecule has 1 unspecified atom stereocenters. The van der Waals surface area contributed by atoms with Crippen molar-refractivity contribution in [3.05, 3.63) is 19.2 Å². The van der Waals surface area contributed by atoms with Crippen LogP contribution in [0.1, 0.15) is 18.2 Å². The number of rotatable bonds is 6. The van der Waals surface area contributed by atoms with Crippen LogP contribution in [0.15, 0.2) is 14.3 Å². The van der Waals surface area contributed by atoms with E-state index in [0.29, 0.717) is 6.04 Å². The van der Waals surface area contributed by atoms with E-state index in [9.17, 15) is 0 Å². The normalized spacial score (nSPS) is 13.4. The van der Waals surface area contributed by atoms with Crippen LogP contribution in [0.2, 0.25) is 0 Å². The van der Waals surface area contributed by atoms with Crippen molar-refractivity contribution in [2.24, 2.45) is 0 Å². The van der Waals surface area contributed by atoms with Gasteiger partial charge in [0.1, 0.15) is 0 Å². The lowest BCUT2D eigenvalue weighted by molar-refractivity contribution is 0.366. The van der Waals surface area contributed by atoms with Crippen molar-refractivity contribution in [3.63, 3.8) is 0 Å². The lowest BCUT2D eigenvalue weighted by atomic mass is 10.2. The predicted molar refractivity (Wildman–Crippen MR) is 79.2 cm³/mol. The zero-order valence-corrected chi connectivity index (χ0v) is 13.9. The maximum absolute atomic E-state index is 3.54. The van der Waals surface area contributed by atoms with Crippen molar-refractivity contribution in [3.8, 4) is 0 Å². The first kappa shape index (κ1) is 14.6. The molecule has 1 rings (SSSR count). The Morgan fingerprint density at radius 2 is 2.12 bits per heavy atom. The van der Waals surface area contributed by atoms with Crippen molar-refractivity contribution in [1.29, 1.82) is 0 Å². The third kappa shape index (κ3) is 5.27. The molecule has 1 heterocycles. The molecule has 0 amide bonds. The zero-order chi connectivity index (χ0) is 12.1. The largest absolute Gasteiger partial charge is 0.309 e. The van der Waals surface area contributed by atoms with Crippen LogP contribution in [0.4, 0.5) is 0 Å². The molecule has 0 aliphatic rings. The third-order valence-electron chi connectivity index (χ3n) is 2.33. The highest BCUT2D eigenvalue weighted by Crippen LogP contribution is 2.32. The minimum absolute atomic E-state index is 0.557. The van der Waals surface area contributed by atoms with E-state index in [1.54, 1.807) is 11.3 Å². The number of halogens is 2. The van der Waals surface area contributed by atoms with Gasteiger partial charge in [-0.1, -0.05) is 0 Å². The Hall–Kier alpha value is 0.580. The molecule has 0 spiro atoms. The summed E-state index contributed by atoms with van der Waals surface area (Å²) in [7, 11) is 4.22. The number of hydrogen-bond acceptors (Lipinski definition) is 3. The molecule has 0 fully saturated rings. The van der Waals surface area contributed by atoms with E-state index in [4.69, 9.17) is 0 Å². The van der Waals surface area contributed by atoms with E-state index in [0.717, 1.165) is 17.6 Å². The maximum Gasteiger partial charge on any atom is 0.0843 e. The molecule has 1 aromatic rings. The summed E-state index contributed by atoms with van der Waals surface area (Å²) in [6.45, 7) is 4.32. The van der Waals surface area contributed by atoms with Crippen LogP contribution in [-0.2, 0) is 6.54 Å². The molecular formula is C11H18Br2N2S. The molecular weight excluding hydrogens is 352 g/mol. The Morgan fingerprint density at radius 1 is 1.44 bits per heavy atom. The fourth-order valence-corrected chi connectivity index (χ4v) is 3.44. The van der Waals surface area contributed by atoms with Crippen LogP contribution in [0, 0.1) is 0 Å². The number of thiophene rings is 1. The van der Waals surface area contributed by atoms with E-state index in [2.05, 4.69) is 69.2 Å². The summed E-state index contributed by atoms with van der Waals surface area (Å²) in [5.74, 6) is 0. The van der Waals surface area contributed by atoms with E-state index in [1.807, 2.05) is 0 Å². The highest BCUT2D eigenvalue weighted by atomic mass is 79.9. The SMILES string of the molecule is CC(CCN(C)C)NCc1cc(Br)c(Br)s1. The second-order valence-electron chi connectivity index (χ2n) is 4.21. The lowest BCUT2D eigenvalue weighted by Gasteiger charge is -2.16. The molecule has 92 valence electrons. The Morgan fingerprint density at radius 3 is 2.62 bits per heavy atom. The molecule has 0 bridgehead atoms. The molecule has 1 N–H and O–H groups in total. The van der Waals surface area contributed by atoms with E-state index < -0.39 is 0 Å². The van der Waals surface area contributed by atoms with Crippen LogP contribution < -0.4 is 5.32 Å². The van der Waals surface area contributed by atoms with Crippen LogP contribution in [0.3, 0.4) is 0 Å². The number of hydrogen-bond donors (Lipinski definition) is 1. The number of nitrogens with one attached hydrogen (secondary N) is 1. The summed E-state index contributed by atoms with van der Waals surface area (Å²) in [6, 6.07) is 2.72. The van der Waals surface area contributed by atoms with Crippen LogP contribution >= 0.6 is 43.2 Å². The Bertz CT molecular complexity index is 306. The first-order chi connectivity index (χ1) is 7.49. The van der Waals surface area contributed by atoms with Crippen molar-refractivity contribution in [2.45, 2.75) is 25.9 Å². The fraction of sp³-hybridized carbons (Fsp3) is 0.636. The fourth-order valence-electron chi connectivity index (χ4n) is 1.31. The van der Waals surface area contributed by atoms with Gasteiger partial charge >= 0.3 is 0 Å². The Labute approximate surface area is 119 Å². The van der Waals surface area contributed by atoms with Crippen LogP contribution in [-0.4, -0.2) is 31.6 Å². The van der Waals surface area contributed by atoms with Gasteiger partial charge in [0.2, 0.25) is 0 Å². The second-order valence-corrected chi connectivity index (χ2v) is 7.52. The molecule has 5 heteroatoms. The molecule has 1 atom stereocenters. The average molecular weight is 370 g/mol. The molecule has 0 aromatic carbocycles. The summed E-state index contributed by atoms with van der Waals surface area (Å²) >= 11 is 8.79. The van der Waals surface area contributed by atoms with Gasteiger partial charge in [-0.05, 0) is 71.9 Å². The molecule has 0 radical (unpaired) electrons. The van der Waals surface area contributed by atoms with Gasteiger partial charge in [0.05, 0.1) is 3.79 Å². The average Bonchev–Trinajstić information content (AvgIpc) is 2.52. The van der Waals surface area contributed by atoms with Crippen molar-refractivity contribution >= 4 is 43.2 Å². The predicted octanol–water partition coefficient (Wildman–Crippen LogP) is 3.70. The third-order valence-corrected chi connectivity index (χ3v) is 5.59. The van der Waals surface area contributed by atoms with E-state index in [-0.39, 0.29) is 0 Å². The van der Waals surface area contributed by atoms with Gasteiger partial charge in [0, 0.05) is 21.9 Å². The minimum Gasteiger partial charge on any atom is -0.309 e. The quantitative estimate of drug-likeness (QED) is 0.822. The molecule has 0 aliphatic carbocycles. The second kappa shape index (κ2) is 7.11. The zero-order valence-electron chi connectivity index (χ0n) is 9.89. The van der Waals surface area contributed by atoms with Crippen molar-refractivity contribution in [1.82, 2.24) is 10.2 Å². The van der Waals surface area contributed by atoms with E-state index in [1.165, 1.54) is 15.1 Å². The topological polar surface area (TPSA) is 15.3 Å². The lowest BCUT2D eigenvalue weighted by Crippen LogP contribution is -2.29. The maximum atomic E-state index is 3.54. The molecule has 2 nitrogen and oxygen atoms in total. The molecule has 0 saturated carbocycles. The Balaban J connectivity index is 2.28. The summed E-state index contributed by atoms with van der Waals surface area (Å²) in [5, 5.41) is 3.54. The highest BCUT2D eigenvalue weighted by molar-refractivity contribution is 9.13. The van der Waals surface area contributed by atoms with Gasteiger partial charge in [-0.25, -0.2) is 0 Å². The van der Waals surface area contributed by atoms with Crippen molar-refractivity contribution in [2.75, 3.05) is 20.6 Å². The first-order valence-corrected chi connectivity index (χ1v) is 7.71. The van der Waals surface area contributed by atoms with Gasteiger partial charge in [-0.2, -0.15) is 0 Å².